The highest BCUT2D eigenvalue weighted by molar-refractivity contribution is 8.93. The minimum Gasteiger partial charge on any atom is -0.364 e. The van der Waals surface area contributed by atoms with Gasteiger partial charge in [0.15, 0.2) is 5.17 Å². The van der Waals surface area contributed by atoms with Gasteiger partial charge in [0.1, 0.15) is 0 Å². The Hall–Kier alpha value is 0.260. The average Bonchev–Trinajstić information content (AvgIpc) is 1.68. The van der Waals surface area contributed by atoms with Gasteiger partial charge in [-0.1, -0.05) is 0 Å². The Labute approximate surface area is 70.0 Å². The van der Waals surface area contributed by atoms with Crippen LogP contribution in [0.2, 0.25) is 0 Å². The third-order valence-electron chi connectivity index (χ3n) is 0.504. The average molecular weight is 215 g/mol. The molecule has 0 rings (SSSR count). The van der Waals surface area contributed by atoms with Crippen LogP contribution in [-0.4, -0.2) is 18.8 Å². The van der Waals surface area contributed by atoms with Gasteiger partial charge in [-0.3, -0.25) is 5.41 Å². The lowest BCUT2D eigenvalue weighted by molar-refractivity contribution is 0.495. The highest BCUT2D eigenvalue weighted by Gasteiger charge is 1.89. The molecule has 0 spiro atoms. The number of hydrogen-bond acceptors (Lipinski definition) is 3. The molecule has 0 radical (unpaired) electrons. The summed E-state index contributed by atoms with van der Waals surface area (Å²) in [6.45, 7) is 2.71. The number of nitrogens with one attached hydrogen (secondary N) is 2. The van der Waals surface area contributed by atoms with Crippen LogP contribution in [-0.2, 0) is 4.18 Å². The predicted octanol–water partition coefficient (Wildman–Crippen LogP) is 1.40. The first-order chi connectivity index (χ1) is 3.81. The van der Waals surface area contributed by atoms with Gasteiger partial charge < -0.3 is 9.50 Å². The van der Waals surface area contributed by atoms with Gasteiger partial charge in [0.05, 0.1) is 19.2 Å². The lowest BCUT2D eigenvalue weighted by atomic mass is 10.8. The van der Waals surface area contributed by atoms with E-state index in [1.54, 1.807) is 0 Å². The Morgan fingerprint density at radius 2 is 2.33 bits per heavy atom. The maximum atomic E-state index is 7.02. The van der Waals surface area contributed by atoms with Crippen LogP contribution in [0.3, 0.4) is 0 Å². The summed E-state index contributed by atoms with van der Waals surface area (Å²) < 4.78 is 4.59. The lowest BCUT2D eigenvalue weighted by Gasteiger charge is -1.99. The van der Waals surface area contributed by atoms with Gasteiger partial charge in [-0.2, -0.15) is 0 Å². The van der Waals surface area contributed by atoms with Crippen molar-refractivity contribution >= 4 is 34.2 Å². The maximum absolute atomic E-state index is 7.02. The Kier molecular flexibility index (Phi) is 11.0. The molecule has 0 amide bonds. The van der Waals surface area contributed by atoms with E-state index < -0.39 is 0 Å². The zero-order chi connectivity index (χ0) is 6.41. The molecule has 0 aliphatic heterocycles. The standard InChI is InChI=1S/C4H10N2OS.BrH/c1-3-6-4(5)8-7-2;/h3H2,1-2H3,(H2,5,6);1H. The molecule has 0 aromatic carbocycles. The largest absolute Gasteiger partial charge is 0.364 e. The van der Waals surface area contributed by atoms with Gasteiger partial charge in [0.2, 0.25) is 0 Å². The van der Waals surface area contributed by atoms with Gasteiger partial charge in [0.25, 0.3) is 0 Å². The van der Waals surface area contributed by atoms with Crippen molar-refractivity contribution in [1.82, 2.24) is 5.32 Å². The fourth-order valence-electron chi connectivity index (χ4n) is 0.273. The molecule has 9 heavy (non-hydrogen) atoms. The first-order valence-corrected chi connectivity index (χ1v) is 3.08. The van der Waals surface area contributed by atoms with Crippen LogP contribution in [0.15, 0.2) is 0 Å². The summed E-state index contributed by atoms with van der Waals surface area (Å²) >= 11 is 1.03. The highest BCUT2D eigenvalue weighted by Crippen LogP contribution is 1.96. The summed E-state index contributed by atoms with van der Waals surface area (Å²) in [5, 5.41) is 10.1. The Bertz CT molecular complexity index is 73.0. The van der Waals surface area contributed by atoms with E-state index in [4.69, 9.17) is 5.41 Å². The zero-order valence-corrected chi connectivity index (χ0v) is 7.96. The number of hydrogen-bond donors (Lipinski definition) is 2. The molecule has 0 saturated heterocycles. The molecule has 0 saturated carbocycles. The minimum atomic E-state index is 0. The topological polar surface area (TPSA) is 45.1 Å². The molecule has 56 valence electrons. The summed E-state index contributed by atoms with van der Waals surface area (Å²) in [6, 6.07) is 0. The summed E-state index contributed by atoms with van der Waals surface area (Å²) in [4.78, 5) is 0. The van der Waals surface area contributed by atoms with E-state index >= 15 is 0 Å². The van der Waals surface area contributed by atoms with Crippen LogP contribution in [0.25, 0.3) is 0 Å². The van der Waals surface area contributed by atoms with Gasteiger partial charge in [0, 0.05) is 6.54 Å². The molecule has 0 aliphatic carbocycles. The zero-order valence-electron chi connectivity index (χ0n) is 5.43. The molecule has 0 aliphatic rings. The molecule has 0 aromatic heterocycles. The summed E-state index contributed by atoms with van der Waals surface area (Å²) in [5.74, 6) is 0. The molecular formula is C4H11BrN2OS. The fraction of sp³-hybridized carbons (Fsp3) is 0.750. The molecule has 0 unspecified atom stereocenters. The van der Waals surface area contributed by atoms with Crippen LogP contribution in [0.4, 0.5) is 0 Å². The molecular weight excluding hydrogens is 204 g/mol. The molecule has 0 atom stereocenters. The van der Waals surface area contributed by atoms with E-state index in [2.05, 4.69) is 9.50 Å². The van der Waals surface area contributed by atoms with Gasteiger partial charge in [-0.05, 0) is 6.92 Å². The molecule has 2 N–H and O–H groups in total. The number of amidine groups is 1. The quantitative estimate of drug-likeness (QED) is 0.415. The Balaban J connectivity index is 0. The lowest BCUT2D eigenvalue weighted by Crippen LogP contribution is -2.18. The van der Waals surface area contributed by atoms with E-state index in [9.17, 15) is 0 Å². The van der Waals surface area contributed by atoms with Crippen molar-refractivity contribution in [2.45, 2.75) is 6.92 Å². The second-order valence-corrected chi connectivity index (χ2v) is 2.02. The molecule has 5 heteroatoms. The molecule has 0 heterocycles. The van der Waals surface area contributed by atoms with Crippen molar-refractivity contribution in [3.05, 3.63) is 0 Å². The fourth-order valence-corrected chi connectivity index (χ4v) is 0.643. The van der Waals surface area contributed by atoms with E-state index in [1.807, 2.05) is 6.92 Å². The maximum Gasteiger partial charge on any atom is 0.181 e. The smallest absolute Gasteiger partial charge is 0.181 e. The van der Waals surface area contributed by atoms with Crippen LogP contribution >= 0.6 is 29.0 Å². The van der Waals surface area contributed by atoms with Crippen LogP contribution in [0.5, 0.6) is 0 Å². The number of rotatable bonds is 2. The van der Waals surface area contributed by atoms with E-state index in [0.29, 0.717) is 5.17 Å². The highest BCUT2D eigenvalue weighted by atomic mass is 79.9. The predicted molar refractivity (Wildman–Crippen MR) is 46.3 cm³/mol. The molecule has 0 fully saturated rings. The van der Waals surface area contributed by atoms with Gasteiger partial charge in [-0.15, -0.1) is 17.0 Å². The third-order valence-corrected chi connectivity index (χ3v) is 0.982. The van der Waals surface area contributed by atoms with Crippen molar-refractivity contribution in [2.75, 3.05) is 13.7 Å². The van der Waals surface area contributed by atoms with Crippen molar-refractivity contribution in [2.24, 2.45) is 0 Å². The van der Waals surface area contributed by atoms with Crippen molar-refractivity contribution in [3.63, 3.8) is 0 Å². The van der Waals surface area contributed by atoms with Gasteiger partial charge in [-0.25, -0.2) is 0 Å². The SMILES string of the molecule is Br.CCNC(=N)SOC. The minimum absolute atomic E-state index is 0. The molecule has 0 aromatic rings. The Morgan fingerprint density at radius 1 is 1.78 bits per heavy atom. The van der Waals surface area contributed by atoms with Crippen LogP contribution in [0, 0.1) is 5.41 Å². The van der Waals surface area contributed by atoms with Crippen molar-refractivity contribution < 1.29 is 4.18 Å². The van der Waals surface area contributed by atoms with Gasteiger partial charge >= 0.3 is 0 Å². The second kappa shape index (κ2) is 8.26. The first kappa shape index (κ1) is 12.0. The monoisotopic (exact) mass is 214 g/mol. The second-order valence-electron chi connectivity index (χ2n) is 1.11. The van der Waals surface area contributed by atoms with E-state index in [1.165, 1.54) is 7.11 Å². The van der Waals surface area contributed by atoms with E-state index in [0.717, 1.165) is 18.6 Å². The van der Waals surface area contributed by atoms with Crippen molar-refractivity contribution in [1.29, 1.82) is 5.41 Å². The molecule has 3 nitrogen and oxygen atoms in total. The number of halogens is 1. The van der Waals surface area contributed by atoms with Crippen LogP contribution < -0.4 is 5.32 Å². The third kappa shape index (κ3) is 8.26. The summed E-state index contributed by atoms with van der Waals surface area (Å²) in [5.41, 5.74) is 0. The molecule has 0 bridgehead atoms. The first-order valence-electron chi connectivity index (χ1n) is 2.34. The van der Waals surface area contributed by atoms with Crippen molar-refractivity contribution in [3.8, 4) is 0 Å². The summed E-state index contributed by atoms with van der Waals surface area (Å²) in [7, 11) is 1.54. The summed E-state index contributed by atoms with van der Waals surface area (Å²) in [6.07, 6.45) is 0. The van der Waals surface area contributed by atoms with E-state index in [-0.39, 0.29) is 17.0 Å². The Morgan fingerprint density at radius 3 is 2.67 bits per heavy atom. The van der Waals surface area contributed by atoms with Crippen LogP contribution in [0.1, 0.15) is 6.92 Å². The normalized spacial score (nSPS) is 7.78.